The third kappa shape index (κ3) is 4.30. The minimum Gasteiger partial charge on any atom is -0.477 e. The number of pyridine rings is 3. The Labute approximate surface area is 200 Å². The predicted octanol–water partition coefficient (Wildman–Crippen LogP) is 5.26. The molecule has 0 spiro atoms. The van der Waals surface area contributed by atoms with Gasteiger partial charge in [-0.05, 0) is 69.5 Å². The minimum absolute atomic E-state index is 0.0220. The van der Waals surface area contributed by atoms with Crippen LogP contribution in [0.5, 0.6) is 5.88 Å². The fraction of sp³-hybridized carbons (Fsp3) is 0.370. The van der Waals surface area contributed by atoms with Crippen molar-refractivity contribution in [3.8, 4) is 17.1 Å². The van der Waals surface area contributed by atoms with Crippen molar-refractivity contribution in [1.82, 2.24) is 19.1 Å². The van der Waals surface area contributed by atoms with Gasteiger partial charge < -0.3 is 19.2 Å². The van der Waals surface area contributed by atoms with Crippen molar-refractivity contribution in [2.24, 2.45) is 7.05 Å². The monoisotopic (exact) mass is 459 g/mol. The Balaban J connectivity index is 1.92. The molecule has 0 aromatic carbocycles. The summed E-state index contributed by atoms with van der Waals surface area (Å²) >= 11 is 0. The quantitative estimate of drug-likeness (QED) is 0.389. The average molecular weight is 460 g/mol. The van der Waals surface area contributed by atoms with Crippen LogP contribution in [0.3, 0.4) is 0 Å². The third-order valence-corrected chi connectivity index (χ3v) is 6.14. The standard InChI is InChI=1S/C27H33N5O2/c1-7-23-18(5)25-26(32(23)17(3)4)22(29-16-19-11-13-31(6)24(33)14-19)15-21(30-25)20-10-9-12-28-27(20)34-8-2/h9-15,17H,7-8,16H2,1-6H3,(H,29,30). The number of nitrogens with one attached hydrogen (secondary N) is 1. The van der Waals surface area contributed by atoms with Crippen molar-refractivity contribution in [2.45, 2.75) is 53.6 Å². The summed E-state index contributed by atoms with van der Waals surface area (Å²) in [5, 5.41) is 3.60. The Morgan fingerprint density at radius 1 is 1.18 bits per heavy atom. The van der Waals surface area contributed by atoms with Crippen LogP contribution in [-0.4, -0.2) is 25.7 Å². The van der Waals surface area contributed by atoms with Crippen molar-refractivity contribution in [1.29, 1.82) is 0 Å². The molecule has 0 aliphatic heterocycles. The molecule has 4 aromatic heterocycles. The van der Waals surface area contributed by atoms with Crippen LogP contribution in [0.4, 0.5) is 5.69 Å². The van der Waals surface area contributed by atoms with E-state index < -0.39 is 0 Å². The van der Waals surface area contributed by atoms with Gasteiger partial charge in [0.1, 0.15) is 0 Å². The Morgan fingerprint density at radius 2 is 1.97 bits per heavy atom. The van der Waals surface area contributed by atoms with Crippen LogP contribution in [0, 0.1) is 6.92 Å². The topological polar surface area (TPSA) is 74.0 Å². The molecule has 4 aromatic rings. The lowest BCUT2D eigenvalue weighted by molar-refractivity contribution is 0.328. The van der Waals surface area contributed by atoms with Gasteiger partial charge in [-0.3, -0.25) is 4.79 Å². The van der Waals surface area contributed by atoms with E-state index in [2.05, 4.69) is 48.6 Å². The second kappa shape index (κ2) is 9.71. The lowest BCUT2D eigenvalue weighted by Crippen LogP contribution is -2.16. The average Bonchev–Trinajstić information content (AvgIpc) is 3.12. The first-order valence-electron chi connectivity index (χ1n) is 11.9. The first-order chi connectivity index (χ1) is 16.3. The molecule has 0 unspecified atom stereocenters. The van der Waals surface area contributed by atoms with Gasteiger partial charge in [0.15, 0.2) is 0 Å². The van der Waals surface area contributed by atoms with E-state index in [1.165, 1.54) is 11.3 Å². The Hall–Kier alpha value is -3.61. The Morgan fingerprint density at radius 3 is 2.65 bits per heavy atom. The van der Waals surface area contributed by atoms with Gasteiger partial charge >= 0.3 is 0 Å². The van der Waals surface area contributed by atoms with Gasteiger partial charge in [-0.1, -0.05) is 6.92 Å². The number of aromatic nitrogens is 4. The number of nitrogens with zero attached hydrogens (tertiary/aromatic N) is 4. The number of aryl methyl sites for hydroxylation is 2. The second-order valence-corrected chi connectivity index (χ2v) is 8.77. The highest BCUT2D eigenvalue weighted by Gasteiger charge is 2.22. The first kappa shape index (κ1) is 23.5. The summed E-state index contributed by atoms with van der Waals surface area (Å²) in [5.74, 6) is 0.575. The molecule has 0 saturated carbocycles. The van der Waals surface area contributed by atoms with Crippen LogP contribution in [0.25, 0.3) is 22.3 Å². The molecule has 4 rings (SSSR count). The Bertz CT molecular complexity index is 1380. The third-order valence-electron chi connectivity index (χ3n) is 6.14. The molecule has 7 heteroatoms. The molecule has 0 radical (unpaired) electrons. The van der Waals surface area contributed by atoms with E-state index in [9.17, 15) is 4.79 Å². The van der Waals surface area contributed by atoms with E-state index >= 15 is 0 Å². The highest BCUT2D eigenvalue weighted by atomic mass is 16.5. The summed E-state index contributed by atoms with van der Waals surface area (Å²) in [6.45, 7) is 11.7. The van der Waals surface area contributed by atoms with E-state index in [1.54, 1.807) is 30.1 Å². The number of rotatable bonds is 8. The molecular formula is C27H33N5O2. The van der Waals surface area contributed by atoms with E-state index in [-0.39, 0.29) is 11.6 Å². The molecule has 0 atom stereocenters. The van der Waals surface area contributed by atoms with Crippen LogP contribution in [0.1, 0.15) is 50.6 Å². The molecule has 178 valence electrons. The van der Waals surface area contributed by atoms with Crippen LogP contribution in [0.15, 0.2) is 47.5 Å². The molecule has 34 heavy (non-hydrogen) atoms. The van der Waals surface area contributed by atoms with Gasteiger partial charge in [0, 0.05) is 43.8 Å². The van der Waals surface area contributed by atoms with Crippen molar-refractivity contribution in [3.63, 3.8) is 0 Å². The summed E-state index contributed by atoms with van der Waals surface area (Å²) < 4.78 is 9.75. The van der Waals surface area contributed by atoms with Crippen LogP contribution in [-0.2, 0) is 20.0 Å². The molecule has 0 bridgehead atoms. The van der Waals surface area contributed by atoms with Gasteiger partial charge in [-0.15, -0.1) is 0 Å². The second-order valence-electron chi connectivity index (χ2n) is 8.77. The fourth-order valence-electron chi connectivity index (χ4n) is 4.51. The number of ether oxygens (including phenoxy) is 1. The van der Waals surface area contributed by atoms with E-state index in [0.29, 0.717) is 19.0 Å². The predicted molar refractivity (Wildman–Crippen MR) is 138 cm³/mol. The maximum absolute atomic E-state index is 12.1. The minimum atomic E-state index is -0.0220. The maximum Gasteiger partial charge on any atom is 0.250 e. The van der Waals surface area contributed by atoms with Crippen LogP contribution >= 0.6 is 0 Å². The normalized spacial score (nSPS) is 11.4. The largest absolute Gasteiger partial charge is 0.477 e. The van der Waals surface area contributed by atoms with Gasteiger partial charge in [0.2, 0.25) is 5.88 Å². The number of anilines is 1. The van der Waals surface area contributed by atoms with E-state index in [4.69, 9.17) is 9.72 Å². The molecular weight excluding hydrogens is 426 g/mol. The highest BCUT2D eigenvalue weighted by molar-refractivity contribution is 5.95. The molecule has 0 saturated heterocycles. The summed E-state index contributed by atoms with van der Waals surface area (Å²) in [6, 6.07) is 9.88. The molecule has 0 fully saturated rings. The fourth-order valence-corrected chi connectivity index (χ4v) is 4.51. The molecule has 0 aliphatic rings. The number of fused-ring (bicyclic) bond motifs is 1. The zero-order valence-electron chi connectivity index (χ0n) is 20.8. The SMILES string of the molecule is CCOc1ncccc1-c1cc(NCc2ccn(C)c(=O)c2)c2c(n1)c(C)c(CC)n2C(C)C. The van der Waals surface area contributed by atoms with Gasteiger partial charge in [-0.2, -0.15) is 0 Å². The summed E-state index contributed by atoms with van der Waals surface area (Å²) in [4.78, 5) is 21.7. The zero-order valence-corrected chi connectivity index (χ0v) is 20.8. The van der Waals surface area contributed by atoms with Gasteiger partial charge in [0.25, 0.3) is 5.56 Å². The first-order valence-corrected chi connectivity index (χ1v) is 11.9. The summed E-state index contributed by atoms with van der Waals surface area (Å²) in [5.41, 5.74) is 8.07. The molecule has 1 N–H and O–H groups in total. The number of hydrogen-bond acceptors (Lipinski definition) is 5. The van der Waals surface area contributed by atoms with E-state index in [0.717, 1.165) is 40.0 Å². The molecule has 7 nitrogen and oxygen atoms in total. The highest BCUT2D eigenvalue weighted by Crippen LogP contribution is 2.37. The van der Waals surface area contributed by atoms with Crippen LogP contribution < -0.4 is 15.6 Å². The smallest absolute Gasteiger partial charge is 0.250 e. The van der Waals surface area contributed by atoms with Crippen molar-refractivity contribution < 1.29 is 4.74 Å². The summed E-state index contributed by atoms with van der Waals surface area (Å²) in [6.07, 6.45) is 4.45. The number of hydrogen-bond donors (Lipinski definition) is 1. The summed E-state index contributed by atoms with van der Waals surface area (Å²) in [7, 11) is 1.76. The lowest BCUT2D eigenvalue weighted by atomic mass is 10.1. The van der Waals surface area contributed by atoms with Crippen molar-refractivity contribution >= 4 is 16.7 Å². The van der Waals surface area contributed by atoms with Gasteiger partial charge in [0.05, 0.1) is 34.6 Å². The molecule has 0 amide bonds. The molecule has 0 aliphatic carbocycles. The van der Waals surface area contributed by atoms with Gasteiger partial charge in [-0.25, -0.2) is 9.97 Å². The van der Waals surface area contributed by atoms with Crippen molar-refractivity contribution in [3.05, 3.63) is 69.9 Å². The molecule has 4 heterocycles. The Kier molecular flexibility index (Phi) is 6.72. The van der Waals surface area contributed by atoms with Crippen LogP contribution in [0.2, 0.25) is 0 Å². The zero-order chi connectivity index (χ0) is 24.4. The van der Waals surface area contributed by atoms with E-state index in [1.807, 2.05) is 25.1 Å². The van der Waals surface area contributed by atoms with Crippen molar-refractivity contribution in [2.75, 3.05) is 11.9 Å². The lowest BCUT2D eigenvalue weighted by Gasteiger charge is -2.18. The maximum atomic E-state index is 12.1.